The van der Waals surface area contributed by atoms with E-state index in [9.17, 15) is 13.2 Å². The summed E-state index contributed by atoms with van der Waals surface area (Å²) in [6.07, 6.45) is -2.96. The van der Waals surface area contributed by atoms with Crippen LogP contribution in [0.25, 0.3) is 0 Å². The number of nitriles is 1. The van der Waals surface area contributed by atoms with Gasteiger partial charge in [0, 0.05) is 0 Å². The molecule has 19 heavy (non-hydrogen) atoms. The van der Waals surface area contributed by atoms with Gasteiger partial charge < -0.3 is 4.74 Å². The van der Waals surface area contributed by atoms with Crippen molar-refractivity contribution in [2.24, 2.45) is 5.41 Å². The first-order valence-corrected chi connectivity index (χ1v) is 5.96. The summed E-state index contributed by atoms with van der Waals surface area (Å²) in [5.74, 6) is 0.405. The minimum absolute atomic E-state index is 0.385. The molecule has 0 unspecified atom stereocenters. The molecule has 0 aromatic heterocycles. The van der Waals surface area contributed by atoms with Gasteiger partial charge in [0.1, 0.15) is 5.75 Å². The first-order valence-electron chi connectivity index (χ1n) is 5.96. The van der Waals surface area contributed by atoms with Gasteiger partial charge in [0.05, 0.1) is 23.7 Å². The van der Waals surface area contributed by atoms with Crippen molar-refractivity contribution in [3.05, 3.63) is 29.8 Å². The average molecular weight is 271 g/mol. The third kappa shape index (κ3) is 5.21. The van der Waals surface area contributed by atoms with Gasteiger partial charge in [-0.25, -0.2) is 0 Å². The molecule has 0 saturated carbocycles. The summed E-state index contributed by atoms with van der Waals surface area (Å²) in [4.78, 5) is 0. The average Bonchev–Trinajstić information content (AvgIpc) is 2.34. The summed E-state index contributed by atoms with van der Waals surface area (Å²) in [6.45, 7) is 4.06. The van der Waals surface area contributed by atoms with Gasteiger partial charge in [-0.05, 0) is 51.0 Å². The molecule has 0 amide bonds. The maximum absolute atomic E-state index is 12.3. The van der Waals surface area contributed by atoms with Crippen molar-refractivity contribution in [1.82, 2.24) is 0 Å². The fourth-order valence-corrected chi connectivity index (χ4v) is 1.50. The van der Waals surface area contributed by atoms with Gasteiger partial charge >= 0.3 is 6.18 Å². The van der Waals surface area contributed by atoms with Gasteiger partial charge in [-0.15, -0.1) is 0 Å². The fraction of sp³-hybridized carbons (Fsp3) is 0.500. The van der Waals surface area contributed by atoms with Crippen LogP contribution in [0, 0.1) is 16.7 Å². The maximum Gasteiger partial charge on any atom is 0.416 e. The summed E-state index contributed by atoms with van der Waals surface area (Å²) >= 11 is 0. The Morgan fingerprint density at radius 2 is 1.74 bits per heavy atom. The molecule has 1 aromatic carbocycles. The molecule has 0 bridgehead atoms. The Kier molecular flexibility index (Phi) is 4.82. The zero-order chi connectivity index (χ0) is 14.5. The van der Waals surface area contributed by atoms with Gasteiger partial charge in [-0.2, -0.15) is 18.4 Å². The van der Waals surface area contributed by atoms with Gasteiger partial charge in [-0.1, -0.05) is 0 Å². The monoisotopic (exact) mass is 271 g/mol. The van der Waals surface area contributed by atoms with E-state index in [0.29, 0.717) is 25.2 Å². The molecule has 0 aliphatic heterocycles. The van der Waals surface area contributed by atoms with Gasteiger partial charge in [0.15, 0.2) is 0 Å². The molecule has 2 nitrogen and oxygen atoms in total. The topological polar surface area (TPSA) is 33.0 Å². The number of nitrogens with zero attached hydrogens (tertiary/aromatic N) is 1. The quantitative estimate of drug-likeness (QED) is 0.743. The summed E-state index contributed by atoms with van der Waals surface area (Å²) in [5, 5.41) is 8.82. The van der Waals surface area contributed by atoms with E-state index >= 15 is 0 Å². The number of hydrogen-bond donors (Lipinski definition) is 0. The van der Waals surface area contributed by atoms with Crippen molar-refractivity contribution >= 4 is 0 Å². The molecule has 104 valence electrons. The summed E-state index contributed by atoms with van der Waals surface area (Å²) in [7, 11) is 0. The highest BCUT2D eigenvalue weighted by Crippen LogP contribution is 2.30. The molecule has 0 aliphatic carbocycles. The number of hydrogen-bond acceptors (Lipinski definition) is 2. The second-order valence-corrected chi connectivity index (χ2v) is 4.97. The number of rotatable bonds is 5. The van der Waals surface area contributed by atoms with E-state index in [1.54, 1.807) is 0 Å². The molecule has 0 aliphatic rings. The number of ether oxygens (including phenoxy) is 1. The van der Waals surface area contributed by atoms with Crippen molar-refractivity contribution in [3.8, 4) is 11.8 Å². The van der Waals surface area contributed by atoms with Crippen molar-refractivity contribution in [2.75, 3.05) is 6.61 Å². The van der Waals surface area contributed by atoms with Crippen LogP contribution in [0.4, 0.5) is 13.2 Å². The summed E-state index contributed by atoms with van der Waals surface area (Å²) in [6, 6.07) is 6.78. The van der Waals surface area contributed by atoms with Crippen LogP contribution in [-0.4, -0.2) is 6.61 Å². The largest absolute Gasteiger partial charge is 0.494 e. The van der Waals surface area contributed by atoms with Crippen LogP contribution in [0.2, 0.25) is 0 Å². The Bertz CT molecular complexity index is 443. The molecule has 0 spiro atoms. The first-order chi connectivity index (χ1) is 8.74. The molecule has 0 atom stereocenters. The molecule has 0 heterocycles. The molecule has 1 aromatic rings. The van der Waals surface area contributed by atoms with E-state index in [1.807, 2.05) is 13.8 Å². The van der Waals surface area contributed by atoms with E-state index in [2.05, 4.69) is 6.07 Å². The summed E-state index contributed by atoms with van der Waals surface area (Å²) < 4.78 is 42.3. The minimum atomic E-state index is -4.32. The molecule has 0 fully saturated rings. The Morgan fingerprint density at radius 3 is 2.21 bits per heavy atom. The second-order valence-electron chi connectivity index (χ2n) is 4.97. The highest BCUT2D eigenvalue weighted by atomic mass is 19.4. The molecule has 0 N–H and O–H groups in total. The fourth-order valence-electron chi connectivity index (χ4n) is 1.50. The SMILES string of the molecule is CC(C)(C#N)CCCOc1ccc(C(F)(F)F)cc1. The van der Waals surface area contributed by atoms with Crippen LogP contribution in [0.1, 0.15) is 32.3 Å². The van der Waals surface area contributed by atoms with Crippen molar-refractivity contribution in [2.45, 2.75) is 32.9 Å². The second kappa shape index (κ2) is 5.96. The van der Waals surface area contributed by atoms with E-state index < -0.39 is 17.2 Å². The van der Waals surface area contributed by atoms with E-state index in [0.717, 1.165) is 12.1 Å². The van der Waals surface area contributed by atoms with Crippen LogP contribution in [-0.2, 0) is 6.18 Å². The smallest absolute Gasteiger partial charge is 0.416 e. The van der Waals surface area contributed by atoms with Gasteiger partial charge in [0.2, 0.25) is 0 Å². The predicted molar refractivity (Wildman–Crippen MR) is 65.6 cm³/mol. The lowest BCUT2D eigenvalue weighted by Gasteiger charge is -2.15. The Morgan fingerprint density at radius 1 is 1.16 bits per heavy atom. The standard InChI is InChI=1S/C14H16F3NO/c1-13(2,10-18)8-3-9-19-12-6-4-11(5-7-12)14(15,16)17/h4-7H,3,8-9H2,1-2H3. The Hall–Kier alpha value is -1.70. The number of alkyl halides is 3. The predicted octanol–water partition coefficient (Wildman–Crippen LogP) is 4.41. The summed E-state index contributed by atoms with van der Waals surface area (Å²) in [5.41, 5.74) is -1.09. The van der Waals surface area contributed by atoms with Crippen molar-refractivity contribution < 1.29 is 17.9 Å². The molecule has 5 heteroatoms. The van der Waals surface area contributed by atoms with Crippen LogP contribution in [0.3, 0.4) is 0 Å². The maximum atomic E-state index is 12.3. The number of halogens is 3. The van der Waals surface area contributed by atoms with E-state index in [4.69, 9.17) is 10.00 Å². The van der Waals surface area contributed by atoms with Gasteiger partial charge in [0.25, 0.3) is 0 Å². The van der Waals surface area contributed by atoms with E-state index in [-0.39, 0.29) is 0 Å². The number of benzene rings is 1. The zero-order valence-corrected chi connectivity index (χ0v) is 10.9. The lowest BCUT2D eigenvalue weighted by Crippen LogP contribution is -2.10. The first kappa shape index (κ1) is 15.4. The van der Waals surface area contributed by atoms with E-state index in [1.165, 1.54) is 12.1 Å². The van der Waals surface area contributed by atoms with Crippen LogP contribution in [0.15, 0.2) is 24.3 Å². The van der Waals surface area contributed by atoms with Gasteiger partial charge in [-0.3, -0.25) is 0 Å². The minimum Gasteiger partial charge on any atom is -0.494 e. The zero-order valence-electron chi connectivity index (χ0n) is 10.9. The molecular weight excluding hydrogens is 255 g/mol. The van der Waals surface area contributed by atoms with Crippen LogP contribution in [0.5, 0.6) is 5.75 Å². The lowest BCUT2D eigenvalue weighted by atomic mass is 9.90. The van der Waals surface area contributed by atoms with Crippen LogP contribution >= 0.6 is 0 Å². The lowest BCUT2D eigenvalue weighted by molar-refractivity contribution is -0.137. The van der Waals surface area contributed by atoms with Crippen molar-refractivity contribution in [3.63, 3.8) is 0 Å². The molecule has 0 saturated heterocycles. The molecule has 0 radical (unpaired) electrons. The Balaban J connectivity index is 2.41. The Labute approximate surface area is 110 Å². The molecular formula is C14H16F3NO. The van der Waals surface area contributed by atoms with Crippen molar-refractivity contribution in [1.29, 1.82) is 5.26 Å². The third-order valence-corrected chi connectivity index (χ3v) is 2.70. The highest BCUT2D eigenvalue weighted by molar-refractivity contribution is 5.28. The third-order valence-electron chi connectivity index (χ3n) is 2.70. The van der Waals surface area contributed by atoms with Crippen LogP contribution < -0.4 is 4.74 Å². The molecule has 1 rings (SSSR count). The highest BCUT2D eigenvalue weighted by Gasteiger charge is 2.30. The normalized spacial score (nSPS) is 12.0.